The maximum absolute atomic E-state index is 4.15. The molecule has 0 aromatic heterocycles. The number of nitrogens with zero attached hydrogens (tertiary/aromatic N) is 1. The van der Waals surface area contributed by atoms with Crippen LogP contribution in [-0.2, 0) is 5.41 Å². The van der Waals surface area contributed by atoms with Crippen molar-refractivity contribution in [3.8, 4) is 33.4 Å². The minimum Gasteiger partial charge on any atom is -0.310 e. The molecule has 1 heteroatoms. The molecule has 0 bridgehead atoms. The van der Waals surface area contributed by atoms with Crippen molar-refractivity contribution in [1.29, 1.82) is 0 Å². The Balaban J connectivity index is 1.25. The number of para-hydroxylation sites is 1. The van der Waals surface area contributed by atoms with Crippen molar-refractivity contribution in [1.82, 2.24) is 0 Å². The Bertz CT molecular complexity index is 2240. The number of benzene rings is 7. The molecule has 0 heterocycles. The highest BCUT2D eigenvalue weighted by atomic mass is 15.1. The minimum absolute atomic E-state index is 0.0810. The average Bonchev–Trinajstić information content (AvgIpc) is 3.34. The molecular weight excluding hydrogens is 555 g/mol. The summed E-state index contributed by atoms with van der Waals surface area (Å²) >= 11 is 0. The number of hydrogen-bond donors (Lipinski definition) is 0. The van der Waals surface area contributed by atoms with Crippen LogP contribution in [0.5, 0.6) is 0 Å². The van der Waals surface area contributed by atoms with E-state index >= 15 is 0 Å². The zero-order valence-electron chi connectivity index (χ0n) is 26.2. The number of rotatable bonds is 6. The van der Waals surface area contributed by atoms with Gasteiger partial charge in [0.2, 0.25) is 0 Å². The first kappa shape index (κ1) is 27.9. The van der Waals surface area contributed by atoms with Crippen molar-refractivity contribution in [3.05, 3.63) is 181 Å². The molecule has 7 aromatic rings. The fourth-order valence-corrected chi connectivity index (χ4v) is 7.33. The predicted molar refractivity (Wildman–Crippen MR) is 197 cm³/mol. The zero-order chi connectivity index (χ0) is 31.3. The quantitative estimate of drug-likeness (QED) is 0.186. The van der Waals surface area contributed by atoms with E-state index in [9.17, 15) is 0 Å². The van der Waals surface area contributed by atoms with Gasteiger partial charge in [0.05, 0.1) is 5.69 Å². The normalized spacial score (nSPS) is 12.8. The van der Waals surface area contributed by atoms with Crippen molar-refractivity contribution in [2.45, 2.75) is 19.3 Å². The van der Waals surface area contributed by atoms with Crippen molar-refractivity contribution in [2.24, 2.45) is 0 Å². The maximum atomic E-state index is 4.15. The minimum atomic E-state index is -0.0810. The summed E-state index contributed by atoms with van der Waals surface area (Å²) < 4.78 is 0. The first-order valence-electron chi connectivity index (χ1n) is 16.0. The number of fused-ring (bicyclic) bond motifs is 4. The molecule has 220 valence electrons. The van der Waals surface area contributed by atoms with Crippen molar-refractivity contribution >= 4 is 33.9 Å². The molecule has 0 amide bonds. The Labute approximate surface area is 271 Å². The van der Waals surface area contributed by atoms with Gasteiger partial charge in [0.1, 0.15) is 0 Å². The van der Waals surface area contributed by atoms with Crippen molar-refractivity contribution in [2.75, 3.05) is 4.90 Å². The summed E-state index contributed by atoms with van der Waals surface area (Å²) in [7, 11) is 0. The monoisotopic (exact) mass is 589 g/mol. The topological polar surface area (TPSA) is 3.24 Å². The highest BCUT2D eigenvalue weighted by Gasteiger charge is 2.35. The molecule has 1 nitrogen and oxygen atoms in total. The molecule has 7 aromatic carbocycles. The van der Waals surface area contributed by atoms with Gasteiger partial charge < -0.3 is 4.90 Å². The Morgan fingerprint density at radius 3 is 1.74 bits per heavy atom. The van der Waals surface area contributed by atoms with Gasteiger partial charge in [0.15, 0.2) is 0 Å². The van der Waals surface area contributed by atoms with E-state index < -0.39 is 0 Å². The summed E-state index contributed by atoms with van der Waals surface area (Å²) in [4.78, 5) is 2.37. The van der Waals surface area contributed by atoms with Crippen molar-refractivity contribution in [3.63, 3.8) is 0 Å². The first-order valence-corrected chi connectivity index (χ1v) is 16.0. The van der Waals surface area contributed by atoms with E-state index in [1.54, 1.807) is 0 Å². The Morgan fingerprint density at radius 1 is 0.478 bits per heavy atom. The summed E-state index contributed by atoms with van der Waals surface area (Å²) in [6.45, 7) is 8.83. The molecule has 0 fully saturated rings. The van der Waals surface area contributed by atoms with Crippen LogP contribution in [0.25, 0.3) is 50.2 Å². The van der Waals surface area contributed by atoms with Gasteiger partial charge >= 0.3 is 0 Å². The Kier molecular flexibility index (Phi) is 6.69. The van der Waals surface area contributed by atoms with E-state index in [-0.39, 0.29) is 5.41 Å². The maximum Gasteiger partial charge on any atom is 0.0533 e. The third-order valence-corrected chi connectivity index (χ3v) is 9.67. The van der Waals surface area contributed by atoms with E-state index in [4.69, 9.17) is 0 Å². The first-order chi connectivity index (χ1) is 22.5. The molecule has 0 saturated carbocycles. The van der Waals surface area contributed by atoms with Crippen LogP contribution in [-0.4, -0.2) is 0 Å². The van der Waals surface area contributed by atoms with Crippen LogP contribution in [0.4, 0.5) is 17.1 Å². The smallest absolute Gasteiger partial charge is 0.0533 e. The summed E-state index contributed by atoms with van der Waals surface area (Å²) in [5.74, 6) is 0. The molecule has 8 rings (SSSR count). The van der Waals surface area contributed by atoms with Crippen LogP contribution in [0.2, 0.25) is 0 Å². The zero-order valence-corrected chi connectivity index (χ0v) is 26.2. The van der Waals surface area contributed by atoms with Crippen LogP contribution in [0.3, 0.4) is 0 Å². The summed E-state index contributed by atoms with van der Waals surface area (Å²) in [6, 6.07) is 57.2. The Hall–Kier alpha value is -5.66. The fraction of sp³-hybridized carbons (Fsp3) is 0.0667. The van der Waals surface area contributed by atoms with Gasteiger partial charge in [-0.3, -0.25) is 0 Å². The van der Waals surface area contributed by atoms with Gasteiger partial charge in [-0.25, -0.2) is 0 Å². The second-order valence-electron chi connectivity index (χ2n) is 12.6. The molecule has 0 radical (unpaired) electrons. The number of hydrogen-bond acceptors (Lipinski definition) is 1. The highest BCUT2D eigenvalue weighted by molar-refractivity contribution is 6.05. The largest absolute Gasteiger partial charge is 0.310 e. The van der Waals surface area contributed by atoms with Gasteiger partial charge in [-0.2, -0.15) is 0 Å². The molecule has 1 aliphatic carbocycles. The van der Waals surface area contributed by atoms with E-state index in [0.717, 1.165) is 22.6 Å². The molecule has 46 heavy (non-hydrogen) atoms. The lowest BCUT2D eigenvalue weighted by Gasteiger charge is -2.29. The lowest BCUT2D eigenvalue weighted by Crippen LogP contribution is -2.16. The summed E-state index contributed by atoms with van der Waals surface area (Å²) in [6.07, 6.45) is 1.95. The molecule has 0 N–H and O–H groups in total. The van der Waals surface area contributed by atoms with E-state index in [1.165, 1.54) is 55.3 Å². The van der Waals surface area contributed by atoms with Crippen LogP contribution >= 0.6 is 0 Å². The van der Waals surface area contributed by atoms with Gasteiger partial charge in [-0.15, -0.1) is 0 Å². The van der Waals surface area contributed by atoms with Crippen molar-refractivity contribution < 1.29 is 0 Å². The molecule has 0 atom stereocenters. The SMILES string of the molecule is C=Cc1ccccc1N(c1ccc(-c2ccc(-c3ccccc3)c3ccccc23)cc1)c1ccc2c(c1)C(C)(C)c1ccccc1-2. The van der Waals surface area contributed by atoms with Gasteiger partial charge in [-0.1, -0.05) is 154 Å². The highest BCUT2D eigenvalue weighted by Crippen LogP contribution is 2.51. The lowest BCUT2D eigenvalue weighted by molar-refractivity contribution is 0.660. The average molecular weight is 590 g/mol. The van der Waals surface area contributed by atoms with E-state index in [0.29, 0.717) is 0 Å². The lowest BCUT2D eigenvalue weighted by atomic mass is 9.82. The summed E-state index contributed by atoms with van der Waals surface area (Å²) in [5.41, 5.74) is 14.7. The summed E-state index contributed by atoms with van der Waals surface area (Å²) in [5, 5.41) is 2.52. The molecule has 1 aliphatic rings. The van der Waals surface area contributed by atoms with Crippen LogP contribution in [0, 0.1) is 0 Å². The molecule has 0 saturated heterocycles. The molecule has 0 spiro atoms. The van der Waals surface area contributed by atoms with Gasteiger partial charge in [-0.05, 0) is 91.2 Å². The van der Waals surface area contributed by atoms with Gasteiger partial charge in [0, 0.05) is 16.8 Å². The van der Waals surface area contributed by atoms with E-state index in [1.807, 2.05) is 6.08 Å². The molecule has 0 unspecified atom stereocenters. The van der Waals surface area contributed by atoms with Crippen LogP contribution in [0.1, 0.15) is 30.5 Å². The van der Waals surface area contributed by atoms with E-state index in [2.05, 4.69) is 183 Å². The standard InChI is InChI=1S/C45H35N/c1-4-31-14-8-13-21-44(31)46(35-26-27-41-40-19-11-12-20-42(40)45(2,3)43(41)30-35)34-24-22-33(23-25-34)37-29-28-36(32-15-6-5-7-16-32)38-17-9-10-18-39(37)38/h4-30H,1H2,2-3H3. The molecular formula is C45H35N. The van der Waals surface area contributed by atoms with Gasteiger partial charge in [0.25, 0.3) is 0 Å². The number of anilines is 3. The second kappa shape index (κ2) is 11.1. The second-order valence-corrected chi connectivity index (χ2v) is 12.6. The third-order valence-electron chi connectivity index (χ3n) is 9.67. The third kappa shape index (κ3) is 4.47. The fourth-order valence-electron chi connectivity index (χ4n) is 7.33. The Morgan fingerprint density at radius 2 is 1.02 bits per heavy atom. The predicted octanol–water partition coefficient (Wildman–Crippen LogP) is 12.6. The molecule has 0 aliphatic heterocycles. The van der Waals surface area contributed by atoms with Crippen LogP contribution < -0.4 is 4.90 Å². The van der Waals surface area contributed by atoms with Crippen LogP contribution in [0.15, 0.2) is 164 Å².